The van der Waals surface area contributed by atoms with Crippen LogP contribution in [0.25, 0.3) is 5.00 Å². The Morgan fingerprint density at radius 2 is 2.43 bits per heavy atom. The summed E-state index contributed by atoms with van der Waals surface area (Å²) in [6.45, 7) is 0.664. The molecular formula is C8H11N5S. The summed E-state index contributed by atoms with van der Waals surface area (Å²) < 4.78 is 1.76. The van der Waals surface area contributed by atoms with E-state index in [0.29, 0.717) is 6.54 Å². The summed E-state index contributed by atoms with van der Waals surface area (Å²) in [5, 5.41) is 14.6. The summed E-state index contributed by atoms with van der Waals surface area (Å²) in [4.78, 5) is 0. The predicted octanol–water partition coefficient (Wildman–Crippen LogP) is 0.615. The number of hydrogen-bond acceptors (Lipinski definition) is 5. The maximum Gasteiger partial charge on any atom is 0.157 e. The van der Waals surface area contributed by atoms with Gasteiger partial charge in [0.25, 0.3) is 0 Å². The van der Waals surface area contributed by atoms with E-state index in [1.807, 2.05) is 17.5 Å². The number of nitrogens with two attached hydrogens (primary N) is 1. The van der Waals surface area contributed by atoms with E-state index in [1.54, 1.807) is 16.0 Å². The molecule has 0 saturated heterocycles. The number of tetrazole rings is 1. The largest absolute Gasteiger partial charge is 0.330 e. The Kier molecular flexibility index (Phi) is 2.85. The first-order valence-corrected chi connectivity index (χ1v) is 5.31. The van der Waals surface area contributed by atoms with Gasteiger partial charge in [0.15, 0.2) is 5.82 Å². The lowest BCUT2D eigenvalue weighted by Crippen LogP contribution is -2.05. The zero-order chi connectivity index (χ0) is 9.80. The van der Waals surface area contributed by atoms with Crippen LogP contribution in [-0.4, -0.2) is 26.8 Å². The normalized spacial score (nSPS) is 10.6. The smallest absolute Gasteiger partial charge is 0.157 e. The van der Waals surface area contributed by atoms with Crippen molar-refractivity contribution in [3.05, 3.63) is 23.3 Å². The first-order valence-electron chi connectivity index (χ1n) is 4.43. The van der Waals surface area contributed by atoms with Gasteiger partial charge in [-0.2, -0.15) is 4.68 Å². The highest BCUT2D eigenvalue weighted by Gasteiger charge is 2.07. The molecule has 0 fully saturated rings. The minimum Gasteiger partial charge on any atom is -0.330 e. The molecule has 2 heterocycles. The molecule has 5 nitrogen and oxygen atoms in total. The van der Waals surface area contributed by atoms with Gasteiger partial charge in [-0.25, -0.2) is 0 Å². The van der Waals surface area contributed by atoms with Crippen molar-refractivity contribution in [3.63, 3.8) is 0 Å². The number of nitrogens with zero attached hydrogens (tertiary/aromatic N) is 4. The summed E-state index contributed by atoms with van der Waals surface area (Å²) in [6.07, 6.45) is 1.73. The van der Waals surface area contributed by atoms with Gasteiger partial charge < -0.3 is 5.73 Å². The molecule has 0 aliphatic carbocycles. The lowest BCUT2D eigenvalue weighted by Gasteiger charge is -1.99. The Bertz CT molecular complexity index is 380. The molecule has 0 saturated carbocycles. The molecule has 0 aromatic carbocycles. The predicted molar refractivity (Wildman–Crippen MR) is 54.4 cm³/mol. The minimum absolute atomic E-state index is 0.664. The molecule has 6 heteroatoms. The topological polar surface area (TPSA) is 69.6 Å². The van der Waals surface area contributed by atoms with Crippen LogP contribution in [0, 0.1) is 0 Å². The van der Waals surface area contributed by atoms with E-state index in [-0.39, 0.29) is 0 Å². The lowest BCUT2D eigenvalue weighted by molar-refractivity contribution is 0.733. The summed E-state index contributed by atoms with van der Waals surface area (Å²) in [7, 11) is 0. The van der Waals surface area contributed by atoms with Gasteiger partial charge in [0, 0.05) is 6.42 Å². The van der Waals surface area contributed by atoms with E-state index in [2.05, 4.69) is 15.5 Å². The van der Waals surface area contributed by atoms with Crippen LogP contribution in [0.4, 0.5) is 0 Å². The van der Waals surface area contributed by atoms with Crippen LogP contribution in [-0.2, 0) is 6.42 Å². The number of aromatic nitrogens is 4. The van der Waals surface area contributed by atoms with Crippen molar-refractivity contribution in [2.24, 2.45) is 5.73 Å². The molecule has 0 aliphatic rings. The van der Waals surface area contributed by atoms with Crippen molar-refractivity contribution >= 4 is 11.3 Å². The second kappa shape index (κ2) is 4.30. The fourth-order valence-corrected chi connectivity index (χ4v) is 1.88. The summed E-state index contributed by atoms with van der Waals surface area (Å²) in [5.74, 6) is 0.873. The molecule has 74 valence electrons. The number of thiophene rings is 1. The minimum atomic E-state index is 0.664. The number of rotatable bonds is 4. The van der Waals surface area contributed by atoms with Gasteiger partial charge in [-0.3, -0.25) is 0 Å². The second-order valence-corrected chi connectivity index (χ2v) is 3.78. The summed E-state index contributed by atoms with van der Waals surface area (Å²) in [6, 6.07) is 3.97. The van der Waals surface area contributed by atoms with E-state index in [0.717, 1.165) is 23.7 Å². The highest BCUT2D eigenvalue weighted by molar-refractivity contribution is 7.12. The maximum absolute atomic E-state index is 5.44. The zero-order valence-electron chi connectivity index (χ0n) is 7.63. The molecule has 2 aromatic heterocycles. The van der Waals surface area contributed by atoms with E-state index in [4.69, 9.17) is 5.73 Å². The molecular weight excluding hydrogens is 198 g/mol. The van der Waals surface area contributed by atoms with Gasteiger partial charge in [-0.05, 0) is 40.9 Å². The third-order valence-electron chi connectivity index (χ3n) is 1.85. The van der Waals surface area contributed by atoms with E-state index in [1.165, 1.54) is 0 Å². The molecule has 0 radical (unpaired) electrons. The van der Waals surface area contributed by atoms with Crippen molar-refractivity contribution in [1.82, 2.24) is 20.2 Å². The molecule has 14 heavy (non-hydrogen) atoms. The van der Waals surface area contributed by atoms with Crippen LogP contribution in [0.5, 0.6) is 0 Å². The highest BCUT2D eigenvalue weighted by atomic mass is 32.1. The van der Waals surface area contributed by atoms with Gasteiger partial charge in [-0.15, -0.1) is 16.4 Å². The van der Waals surface area contributed by atoms with E-state index < -0.39 is 0 Å². The van der Waals surface area contributed by atoms with Crippen LogP contribution < -0.4 is 5.73 Å². The molecule has 0 amide bonds. The number of aryl methyl sites for hydroxylation is 1. The van der Waals surface area contributed by atoms with Gasteiger partial charge >= 0.3 is 0 Å². The zero-order valence-corrected chi connectivity index (χ0v) is 8.44. The van der Waals surface area contributed by atoms with Gasteiger partial charge in [0.05, 0.1) is 0 Å². The summed E-state index contributed by atoms with van der Waals surface area (Å²) in [5.41, 5.74) is 5.44. The fourth-order valence-electron chi connectivity index (χ4n) is 1.18. The van der Waals surface area contributed by atoms with E-state index >= 15 is 0 Å². The Morgan fingerprint density at radius 3 is 3.14 bits per heavy atom. The average Bonchev–Trinajstić information content (AvgIpc) is 2.84. The molecule has 0 atom stereocenters. The fraction of sp³-hybridized carbons (Fsp3) is 0.375. The van der Waals surface area contributed by atoms with Crippen LogP contribution in [0.15, 0.2) is 17.5 Å². The first-order chi connectivity index (χ1) is 6.92. The van der Waals surface area contributed by atoms with Gasteiger partial charge in [0.1, 0.15) is 5.00 Å². The van der Waals surface area contributed by atoms with Crippen LogP contribution in [0.3, 0.4) is 0 Å². The average molecular weight is 209 g/mol. The van der Waals surface area contributed by atoms with Crippen LogP contribution >= 0.6 is 11.3 Å². The molecule has 0 aliphatic heterocycles. The molecule has 0 unspecified atom stereocenters. The van der Waals surface area contributed by atoms with Crippen molar-refractivity contribution in [2.75, 3.05) is 6.54 Å². The summed E-state index contributed by atoms with van der Waals surface area (Å²) >= 11 is 1.62. The lowest BCUT2D eigenvalue weighted by atomic mass is 10.3. The Morgan fingerprint density at radius 1 is 1.50 bits per heavy atom. The SMILES string of the molecule is NCCCc1nnnn1-c1cccs1. The molecule has 2 aromatic rings. The second-order valence-electron chi connectivity index (χ2n) is 2.85. The third-order valence-corrected chi connectivity index (χ3v) is 2.70. The standard InChI is InChI=1S/C8H11N5S/c9-5-1-3-7-10-11-12-13(7)8-4-2-6-14-8/h2,4,6H,1,3,5,9H2. The van der Waals surface area contributed by atoms with E-state index in [9.17, 15) is 0 Å². The van der Waals surface area contributed by atoms with Crippen LogP contribution in [0.2, 0.25) is 0 Å². The Balaban J connectivity index is 2.22. The Labute approximate surface area is 85.5 Å². The van der Waals surface area contributed by atoms with Gasteiger partial charge in [0.2, 0.25) is 0 Å². The first kappa shape index (κ1) is 9.29. The van der Waals surface area contributed by atoms with Crippen molar-refractivity contribution in [3.8, 4) is 5.00 Å². The third kappa shape index (κ3) is 1.80. The van der Waals surface area contributed by atoms with Crippen molar-refractivity contribution < 1.29 is 0 Å². The molecule has 0 spiro atoms. The van der Waals surface area contributed by atoms with Crippen molar-refractivity contribution in [2.45, 2.75) is 12.8 Å². The van der Waals surface area contributed by atoms with Crippen molar-refractivity contribution in [1.29, 1.82) is 0 Å². The molecule has 2 N–H and O–H groups in total. The quantitative estimate of drug-likeness (QED) is 0.801. The Hall–Kier alpha value is -1.27. The number of hydrogen-bond donors (Lipinski definition) is 1. The molecule has 0 bridgehead atoms. The highest BCUT2D eigenvalue weighted by Crippen LogP contribution is 2.14. The van der Waals surface area contributed by atoms with Gasteiger partial charge in [-0.1, -0.05) is 0 Å². The molecule has 2 rings (SSSR count). The maximum atomic E-state index is 5.44. The van der Waals surface area contributed by atoms with Crippen LogP contribution in [0.1, 0.15) is 12.2 Å². The monoisotopic (exact) mass is 209 g/mol.